The van der Waals surface area contributed by atoms with Crippen LogP contribution in [-0.4, -0.2) is 22.5 Å². The standard InChI is InChI=1S/C12H14F3N3S/c1-11(2,19-3)7-17-10-8(6-16)4-5-9(18-10)12(13,14)15/h4-5H,7H2,1-3H3,(H,17,18). The van der Waals surface area contributed by atoms with E-state index in [4.69, 9.17) is 5.26 Å². The molecule has 0 bridgehead atoms. The van der Waals surface area contributed by atoms with E-state index in [0.29, 0.717) is 6.54 Å². The third-order valence-corrected chi connectivity index (χ3v) is 3.79. The molecule has 0 fully saturated rings. The van der Waals surface area contributed by atoms with Gasteiger partial charge in [0, 0.05) is 11.3 Å². The summed E-state index contributed by atoms with van der Waals surface area (Å²) >= 11 is 1.57. The van der Waals surface area contributed by atoms with Crippen molar-refractivity contribution in [2.75, 3.05) is 18.1 Å². The fourth-order valence-electron chi connectivity index (χ4n) is 1.21. The van der Waals surface area contributed by atoms with Crippen molar-refractivity contribution in [2.45, 2.75) is 24.8 Å². The maximum Gasteiger partial charge on any atom is 0.433 e. The fourth-order valence-corrected chi connectivity index (χ4v) is 1.43. The minimum Gasteiger partial charge on any atom is -0.368 e. The van der Waals surface area contributed by atoms with Gasteiger partial charge >= 0.3 is 6.18 Å². The average molecular weight is 289 g/mol. The van der Waals surface area contributed by atoms with Crippen LogP contribution in [0.15, 0.2) is 12.1 Å². The molecule has 0 radical (unpaired) electrons. The lowest BCUT2D eigenvalue weighted by molar-refractivity contribution is -0.141. The van der Waals surface area contributed by atoms with Crippen molar-refractivity contribution >= 4 is 17.6 Å². The van der Waals surface area contributed by atoms with Gasteiger partial charge in [0.15, 0.2) is 0 Å². The van der Waals surface area contributed by atoms with E-state index >= 15 is 0 Å². The Bertz CT molecular complexity index is 492. The van der Waals surface area contributed by atoms with Crippen LogP contribution < -0.4 is 5.32 Å². The van der Waals surface area contributed by atoms with Crippen molar-refractivity contribution < 1.29 is 13.2 Å². The average Bonchev–Trinajstić information content (AvgIpc) is 2.35. The van der Waals surface area contributed by atoms with Gasteiger partial charge in [0.1, 0.15) is 17.6 Å². The van der Waals surface area contributed by atoms with E-state index in [-0.39, 0.29) is 16.1 Å². The molecule has 0 saturated carbocycles. The second-order valence-electron chi connectivity index (χ2n) is 4.52. The molecule has 0 aromatic carbocycles. The number of hydrogen-bond donors (Lipinski definition) is 1. The predicted octanol–water partition coefficient (Wildman–Crippen LogP) is 3.53. The van der Waals surface area contributed by atoms with E-state index in [1.54, 1.807) is 11.8 Å². The Labute approximate surface area is 114 Å². The van der Waals surface area contributed by atoms with Crippen LogP contribution in [0.1, 0.15) is 25.1 Å². The summed E-state index contributed by atoms with van der Waals surface area (Å²) in [5.74, 6) is -0.0283. The Morgan fingerprint density at radius 2 is 2.00 bits per heavy atom. The van der Waals surface area contributed by atoms with Gasteiger partial charge in [-0.15, -0.1) is 0 Å². The van der Waals surface area contributed by atoms with E-state index < -0.39 is 11.9 Å². The maximum atomic E-state index is 12.6. The number of halogens is 3. The van der Waals surface area contributed by atoms with Gasteiger partial charge in [0.25, 0.3) is 0 Å². The summed E-state index contributed by atoms with van der Waals surface area (Å²) in [6, 6.07) is 3.77. The van der Waals surface area contributed by atoms with Gasteiger partial charge in [0.05, 0.1) is 5.56 Å². The summed E-state index contributed by atoms with van der Waals surface area (Å²) in [7, 11) is 0. The third-order valence-electron chi connectivity index (χ3n) is 2.54. The molecule has 3 nitrogen and oxygen atoms in total. The minimum atomic E-state index is -4.51. The lowest BCUT2D eigenvalue weighted by Crippen LogP contribution is -2.27. The highest BCUT2D eigenvalue weighted by Gasteiger charge is 2.33. The van der Waals surface area contributed by atoms with Gasteiger partial charge in [-0.3, -0.25) is 0 Å². The number of alkyl halides is 3. The number of anilines is 1. The van der Waals surface area contributed by atoms with Crippen molar-refractivity contribution in [3.63, 3.8) is 0 Å². The van der Waals surface area contributed by atoms with E-state index in [2.05, 4.69) is 10.3 Å². The highest BCUT2D eigenvalue weighted by Crippen LogP contribution is 2.30. The van der Waals surface area contributed by atoms with Crippen LogP contribution in [0.25, 0.3) is 0 Å². The van der Waals surface area contributed by atoms with Gasteiger partial charge in [-0.1, -0.05) is 0 Å². The lowest BCUT2D eigenvalue weighted by atomic mass is 10.2. The first-order valence-electron chi connectivity index (χ1n) is 5.47. The molecule has 1 aromatic rings. The molecule has 104 valence electrons. The van der Waals surface area contributed by atoms with Crippen LogP contribution in [-0.2, 0) is 6.18 Å². The second kappa shape index (κ2) is 5.70. The molecule has 0 atom stereocenters. The number of nitrogens with zero attached hydrogens (tertiary/aromatic N) is 2. The molecule has 1 aromatic heterocycles. The highest BCUT2D eigenvalue weighted by molar-refractivity contribution is 7.99. The van der Waals surface area contributed by atoms with E-state index in [1.807, 2.05) is 26.2 Å². The Balaban J connectivity index is 3.01. The van der Waals surface area contributed by atoms with Crippen LogP contribution in [0.4, 0.5) is 19.0 Å². The Kier molecular flexibility index (Phi) is 4.69. The van der Waals surface area contributed by atoms with Crippen molar-refractivity contribution in [1.29, 1.82) is 5.26 Å². The molecular formula is C12H14F3N3S. The molecule has 1 rings (SSSR count). The second-order valence-corrected chi connectivity index (χ2v) is 6.03. The van der Waals surface area contributed by atoms with Crippen LogP contribution in [0.3, 0.4) is 0 Å². The molecule has 1 N–H and O–H groups in total. The monoisotopic (exact) mass is 289 g/mol. The first-order valence-corrected chi connectivity index (χ1v) is 6.69. The molecule has 0 aliphatic heterocycles. The Morgan fingerprint density at radius 1 is 1.37 bits per heavy atom. The molecule has 0 spiro atoms. The summed E-state index contributed by atoms with van der Waals surface area (Å²) in [6.07, 6.45) is -2.61. The van der Waals surface area contributed by atoms with Crippen molar-refractivity contribution in [3.05, 3.63) is 23.4 Å². The van der Waals surface area contributed by atoms with Crippen molar-refractivity contribution in [3.8, 4) is 6.07 Å². The first kappa shape index (κ1) is 15.6. The first-order chi connectivity index (χ1) is 8.69. The topological polar surface area (TPSA) is 48.7 Å². The summed E-state index contributed by atoms with van der Waals surface area (Å²) in [5.41, 5.74) is -0.902. The molecule has 0 saturated heterocycles. The molecule has 0 aliphatic rings. The molecule has 1 heterocycles. The van der Waals surface area contributed by atoms with Crippen molar-refractivity contribution in [1.82, 2.24) is 4.98 Å². The van der Waals surface area contributed by atoms with E-state index in [1.165, 1.54) is 0 Å². The summed E-state index contributed by atoms with van der Waals surface area (Å²) < 4.78 is 37.5. The Hall–Kier alpha value is -1.42. The fraction of sp³-hybridized carbons (Fsp3) is 0.500. The maximum absolute atomic E-state index is 12.6. The number of thioether (sulfide) groups is 1. The largest absolute Gasteiger partial charge is 0.433 e. The summed E-state index contributed by atoms with van der Waals surface area (Å²) in [6.45, 7) is 4.31. The van der Waals surface area contributed by atoms with Crippen LogP contribution >= 0.6 is 11.8 Å². The van der Waals surface area contributed by atoms with E-state index in [9.17, 15) is 13.2 Å². The van der Waals surface area contributed by atoms with Crippen LogP contribution in [0.5, 0.6) is 0 Å². The number of hydrogen-bond acceptors (Lipinski definition) is 4. The number of nitrogens with one attached hydrogen (secondary N) is 1. The number of rotatable bonds is 4. The molecule has 0 unspecified atom stereocenters. The van der Waals surface area contributed by atoms with Crippen LogP contribution in [0.2, 0.25) is 0 Å². The van der Waals surface area contributed by atoms with Gasteiger partial charge in [0.2, 0.25) is 0 Å². The minimum absolute atomic E-state index is 0.0283. The van der Waals surface area contributed by atoms with Gasteiger partial charge in [-0.25, -0.2) is 4.98 Å². The molecular weight excluding hydrogens is 275 g/mol. The number of aromatic nitrogens is 1. The zero-order chi connectivity index (χ0) is 14.7. The van der Waals surface area contributed by atoms with E-state index in [0.717, 1.165) is 12.1 Å². The number of pyridine rings is 1. The third kappa shape index (κ3) is 4.31. The van der Waals surface area contributed by atoms with Gasteiger partial charge < -0.3 is 5.32 Å². The zero-order valence-corrected chi connectivity index (χ0v) is 11.6. The molecule has 0 amide bonds. The molecule has 0 aliphatic carbocycles. The molecule has 7 heteroatoms. The normalized spacial score (nSPS) is 12.1. The SMILES string of the molecule is CSC(C)(C)CNc1nc(C(F)(F)F)ccc1C#N. The smallest absolute Gasteiger partial charge is 0.368 e. The summed E-state index contributed by atoms with van der Waals surface area (Å²) in [4.78, 5) is 3.48. The van der Waals surface area contributed by atoms with Gasteiger partial charge in [-0.2, -0.15) is 30.2 Å². The molecule has 19 heavy (non-hydrogen) atoms. The lowest BCUT2D eigenvalue weighted by Gasteiger charge is -2.23. The summed E-state index contributed by atoms with van der Waals surface area (Å²) in [5, 5.41) is 11.7. The number of nitriles is 1. The van der Waals surface area contributed by atoms with Crippen molar-refractivity contribution in [2.24, 2.45) is 0 Å². The Morgan fingerprint density at radius 3 is 2.47 bits per heavy atom. The zero-order valence-electron chi connectivity index (χ0n) is 10.8. The predicted molar refractivity (Wildman–Crippen MR) is 70.0 cm³/mol. The highest BCUT2D eigenvalue weighted by atomic mass is 32.2. The van der Waals surface area contributed by atoms with Gasteiger partial charge in [-0.05, 0) is 32.2 Å². The van der Waals surface area contributed by atoms with Crippen LogP contribution in [0, 0.1) is 11.3 Å². The quantitative estimate of drug-likeness (QED) is 0.921.